The molecule has 0 fully saturated rings. The molecule has 0 unspecified atom stereocenters. The number of carbonyl (C=O) groups is 1. The van der Waals surface area contributed by atoms with Crippen LogP contribution < -0.4 is 15.4 Å². The molecule has 3 N–H and O–H groups in total. The molecule has 0 saturated heterocycles. The second-order valence-electron chi connectivity index (χ2n) is 4.30. The molecule has 0 spiro atoms. The predicted molar refractivity (Wildman–Crippen MR) is 79.5 cm³/mol. The van der Waals surface area contributed by atoms with Crippen molar-refractivity contribution < 1.29 is 19.6 Å². The van der Waals surface area contributed by atoms with Crippen molar-refractivity contribution in [3.63, 3.8) is 0 Å². The van der Waals surface area contributed by atoms with Gasteiger partial charge in [-0.05, 0) is 30.3 Å². The number of rotatable bonds is 4. The van der Waals surface area contributed by atoms with E-state index >= 15 is 0 Å². The van der Waals surface area contributed by atoms with E-state index < -0.39 is 16.7 Å². The van der Waals surface area contributed by atoms with Gasteiger partial charge in [0.15, 0.2) is 0 Å². The number of phenolic OH excluding ortho intramolecular Hbond substituents is 1. The topological polar surface area (TPSA) is 119 Å². The van der Waals surface area contributed by atoms with Crippen LogP contribution in [0.2, 0.25) is 0 Å². The van der Waals surface area contributed by atoms with E-state index in [2.05, 4.69) is 0 Å². The molecule has 2 aromatic carbocycles. The highest BCUT2D eigenvalue weighted by molar-refractivity contribution is 6.00. The van der Waals surface area contributed by atoms with Crippen LogP contribution in [0.3, 0.4) is 0 Å². The van der Waals surface area contributed by atoms with Gasteiger partial charge in [-0.15, -0.1) is 0 Å². The van der Waals surface area contributed by atoms with E-state index in [9.17, 15) is 20.0 Å². The number of phenols is 1. The van der Waals surface area contributed by atoms with Gasteiger partial charge in [0.25, 0.3) is 5.69 Å². The summed E-state index contributed by atoms with van der Waals surface area (Å²) >= 11 is 0. The number of non-ortho nitro benzene ring substituents is 1. The SMILES string of the molecule is COc1ccc(N(C(N)=O)c2ccc([N+](=O)[O-])cc2O)cc1. The zero-order valence-electron chi connectivity index (χ0n) is 11.6. The number of nitro benzene ring substituents is 1. The Hall–Kier alpha value is -3.29. The molecule has 2 amide bonds. The molecule has 0 aliphatic heterocycles. The highest BCUT2D eigenvalue weighted by atomic mass is 16.6. The predicted octanol–water partition coefficient (Wildman–Crippen LogP) is 2.53. The molecular formula is C14H13N3O5. The number of nitrogens with two attached hydrogens (primary N) is 1. The molecule has 8 nitrogen and oxygen atoms in total. The van der Waals surface area contributed by atoms with Crippen LogP contribution in [0, 0.1) is 10.1 Å². The molecule has 0 aliphatic carbocycles. The first-order valence-electron chi connectivity index (χ1n) is 6.15. The van der Waals surface area contributed by atoms with Crippen molar-refractivity contribution in [1.82, 2.24) is 0 Å². The van der Waals surface area contributed by atoms with E-state index in [1.807, 2.05) is 0 Å². The van der Waals surface area contributed by atoms with E-state index in [1.165, 1.54) is 19.2 Å². The number of aromatic hydroxyl groups is 1. The molecule has 0 aliphatic rings. The minimum Gasteiger partial charge on any atom is -0.505 e. The highest BCUT2D eigenvalue weighted by Crippen LogP contribution is 2.35. The summed E-state index contributed by atoms with van der Waals surface area (Å²) in [5.41, 5.74) is 5.49. The number of benzene rings is 2. The summed E-state index contributed by atoms with van der Waals surface area (Å²) in [6, 6.07) is 8.93. The summed E-state index contributed by atoms with van der Waals surface area (Å²) in [5.74, 6) is 0.157. The zero-order valence-corrected chi connectivity index (χ0v) is 11.6. The molecule has 0 radical (unpaired) electrons. The molecule has 114 valence electrons. The summed E-state index contributed by atoms with van der Waals surface area (Å²) in [5, 5.41) is 20.6. The number of hydrogen-bond donors (Lipinski definition) is 2. The number of primary amides is 1. The first-order valence-corrected chi connectivity index (χ1v) is 6.15. The second-order valence-corrected chi connectivity index (χ2v) is 4.30. The molecule has 2 aromatic rings. The Morgan fingerprint density at radius 1 is 1.27 bits per heavy atom. The Bertz CT molecular complexity index is 715. The number of amides is 2. The average molecular weight is 303 g/mol. The fourth-order valence-corrected chi connectivity index (χ4v) is 1.93. The van der Waals surface area contributed by atoms with Crippen molar-refractivity contribution in [2.24, 2.45) is 5.73 Å². The summed E-state index contributed by atoms with van der Waals surface area (Å²) in [6.07, 6.45) is 0. The van der Waals surface area contributed by atoms with Gasteiger partial charge in [0.1, 0.15) is 11.5 Å². The number of hydrogen-bond acceptors (Lipinski definition) is 5. The van der Waals surface area contributed by atoms with Crippen LogP contribution in [0.5, 0.6) is 11.5 Å². The number of ether oxygens (including phenoxy) is 1. The van der Waals surface area contributed by atoms with Crippen LogP contribution in [0.15, 0.2) is 42.5 Å². The van der Waals surface area contributed by atoms with Crippen molar-refractivity contribution in [2.75, 3.05) is 12.0 Å². The zero-order chi connectivity index (χ0) is 16.3. The summed E-state index contributed by atoms with van der Waals surface area (Å²) in [6.45, 7) is 0. The largest absolute Gasteiger partial charge is 0.505 e. The van der Waals surface area contributed by atoms with Crippen LogP contribution in [0.25, 0.3) is 0 Å². The van der Waals surface area contributed by atoms with Gasteiger partial charge in [-0.25, -0.2) is 4.79 Å². The number of nitro groups is 1. The smallest absolute Gasteiger partial charge is 0.324 e. The lowest BCUT2D eigenvalue weighted by Gasteiger charge is -2.21. The standard InChI is InChI=1S/C14H13N3O5/c1-22-11-5-2-9(3-6-11)16(14(15)19)12-7-4-10(17(20)21)8-13(12)18/h2-8,18H,1H3,(H2,15,19). The van der Waals surface area contributed by atoms with Crippen LogP contribution in [-0.2, 0) is 0 Å². The third-order valence-corrected chi connectivity index (χ3v) is 2.96. The Morgan fingerprint density at radius 3 is 2.36 bits per heavy atom. The fraction of sp³-hybridized carbons (Fsp3) is 0.0714. The van der Waals surface area contributed by atoms with Crippen molar-refractivity contribution in [1.29, 1.82) is 0 Å². The Labute approximate surface area is 125 Å². The van der Waals surface area contributed by atoms with Gasteiger partial charge in [0.05, 0.1) is 29.5 Å². The van der Waals surface area contributed by atoms with Gasteiger partial charge in [-0.1, -0.05) is 0 Å². The van der Waals surface area contributed by atoms with Crippen LogP contribution in [0.4, 0.5) is 21.9 Å². The molecule has 0 aromatic heterocycles. The normalized spacial score (nSPS) is 10.0. The third-order valence-electron chi connectivity index (χ3n) is 2.96. The lowest BCUT2D eigenvalue weighted by atomic mass is 10.2. The monoisotopic (exact) mass is 303 g/mol. The maximum Gasteiger partial charge on any atom is 0.324 e. The van der Waals surface area contributed by atoms with E-state index in [0.717, 1.165) is 11.0 Å². The van der Waals surface area contributed by atoms with Gasteiger partial charge in [0, 0.05) is 6.07 Å². The van der Waals surface area contributed by atoms with E-state index in [4.69, 9.17) is 10.5 Å². The van der Waals surface area contributed by atoms with Crippen LogP contribution in [0.1, 0.15) is 0 Å². The molecule has 0 saturated carbocycles. The number of methoxy groups -OCH3 is 1. The van der Waals surface area contributed by atoms with Crippen molar-refractivity contribution in [3.8, 4) is 11.5 Å². The molecule has 22 heavy (non-hydrogen) atoms. The van der Waals surface area contributed by atoms with Gasteiger partial charge in [-0.2, -0.15) is 0 Å². The number of nitrogens with zero attached hydrogens (tertiary/aromatic N) is 2. The van der Waals surface area contributed by atoms with Gasteiger partial charge in [-0.3, -0.25) is 15.0 Å². The second kappa shape index (κ2) is 6.00. The Morgan fingerprint density at radius 2 is 1.91 bits per heavy atom. The molecule has 2 rings (SSSR count). The number of anilines is 2. The van der Waals surface area contributed by atoms with Crippen molar-refractivity contribution in [3.05, 3.63) is 52.6 Å². The minimum absolute atomic E-state index is 0.0447. The van der Waals surface area contributed by atoms with Crippen LogP contribution in [-0.4, -0.2) is 23.2 Å². The van der Waals surface area contributed by atoms with E-state index in [-0.39, 0.29) is 11.4 Å². The third kappa shape index (κ3) is 2.90. The maximum atomic E-state index is 11.7. The first kappa shape index (κ1) is 15.1. The van der Waals surface area contributed by atoms with Crippen LogP contribution >= 0.6 is 0 Å². The fourth-order valence-electron chi connectivity index (χ4n) is 1.93. The summed E-state index contributed by atoms with van der Waals surface area (Å²) < 4.78 is 5.02. The molecular weight excluding hydrogens is 290 g/mol. The molecule has 0 bridgehead atoms. The van der Waals surface area contributed by atoms with Gasteiger partial charge in [0.2, 0.25) is 0 Å². The van der Waals surface area contributed by atoms with Gasteiger partial charge < -0.3 is 15.6 Å². The van der Waals surface area contributed by atoms with E-state index in [0.29, 0.717) is 11.4 Å². The van der Waals surface area contributed by atoms with Crippen molar-refractivity contribution in [2.45, 2.75) is 0 Å². The molecule has 0 atom stereocenters. The van der Waals surface area contributed by atoms with Gasteiger partial charge >= 0.3 is 6.03 Å². The lowest BCUT2D eigenvalue weighted by molar-refractivity contribution is -0.384. The Balaban J connectivity index is 2.47. The quantitative estimate of drug-likeness (QED) is 0.664. The maximum absolute atomic E-state index is 11.7. The number of carbonyl (C=O) groups excluding carboxylic acids is 1. The highest BCUT2D eigenvalue weighted by Gasteiger charge is 2.20. The van der Waals surface area contributed by atoms with E-state index in [1.54, 1.807) is 24.3 Å². The minimum atomic E-state index is -0.839. The molecule has 8 heteroatoms. The average Bonchev–Trinajstić information content (AvgIpc) is 2.49. The first-order chi connectivity index (χ1) is 10.4. The summed E-state index contributed by atoms with van der Waals surface area (Å²) in [4.78, 5) is 22.8. The lowest BCUT2D eigenvalue weighted by Crippen LogP contribution is -2.31. The summed E-state index contributed by atoms with van der Waals surface area (Å²) in [7, 11) is 1.50. The Kier molecular flexibility index (Phi) is 4.12. The number of urea groups is 1. The molecule has 0 heterocycles. The van der Waals surface area contributed by atoms with Crippen molar-refractivity contribution >= 4 is 23.1 Å².